The van der Waals surface area contributed by atoms with E-state index in [0.29, 0.717) is 12.8 Å². The molecule has 0 bridgehead atoms. The summed E-state index contributed by atoms with van der Waals surface area (Å²) in [6.45, 7) is 2.46. The minimum Gasteiger partial charge on any atom is -0.480 e. The van der Waals surface area contributed by atoms with Crippen LogP contribution in [0.15, 0.2) is 60.8 Å². The van der Waals surface area contributed by atoms with Gasteiger partial charge >= 0.3 is 19.8 Å². The Morgan fingerprint density at radius 2 is 0.967 bits per heavy atom. The lowest BCUT2D eigenvalue weighted by atomic mass is 10.0. The molecule has 0 aliphatic heterocycles. The van der Waals surface area contributed by atoms with Gasteiger partial charge in [-0.3, -0.25) is 18.6 Å². The number of nitrogens with one attached hydrogen (secondary N) is 1. The van der Waals surface area contributed by atoms with E-state index in [1.165, 1.54) is 83.5 Å². The van der Waals surface area contributed by atoms with E-state index in [9.17, 15) is 34.1 Å². The van der Waals surface area contributed by atoms with Crippen LogP contribution in [0.2, 0.25) is 0 Å². The maximum Gasteiger partial charge on any atom is 0.472 e. The van der Waals surface area contributed by atoms with Gasteiger partial charge in [-0.2, -0.15) is 0 Å². The third kappa shape index (κ3) is 41.9. The summed E-state index contributed by atoms with van der Waals surface area (Å²) in [4.78, 5) is 46.0. The summed E-state index contributed by atoms with van der Waals surface area (Å²) in [6.07, 6.45) is 49.5. The van der Waals surface area contributed by atoms with Crippen molar-refractivity contribution in [2.24, 2.45) is 0 Å². The number of ether oxygens (including phenoxy) is 1. The molecule has 0 fully saturated rings. The molecule has 0 aliphatic carbocycles. The molecule has 0 aliphatic rings. The number of phosphoric ester groups is 1. The third-order valence-electron chi connectivity index (χ3n) is 9.82. The number of carboxylic acids is 1. The van der Waals surface area contributed by atoms with Gasteiger partial charge in [-0.15, -0.1) is 0 Å². The zero-order valence-electron chi connectivity index (χ0n) is 37.5. The molecule has 11 nitrogen and oxygen atoms in total. The first-order valence-corrected chi connectivity index (χ1v) is 24.8. The van der Waals surface area contributed by atoms with E-state index in [-0.39, 0.29) is 12.8 Å². The number of carbonyl (C=O) groups is 3. The molecule has 0 radical (unpaired) electrons. The van der Waals surface area contributed by atoms with Gasteiger partial charge in [0.2, 0.25) is 5.91 Å². The molecule has 3 unspecified atom stereocenters. The van der Waals surface area contributed by atoms with Crippen molar-refractivity contribution in [3.8, 4) is 0 Å². The zero-order chi connectivity index (χ0) is 44.2. The molecule has 3 atom stereocenters. The summed E-state index contributed by atoms with van der Waals surface area (Å²) in [5, 5.41) is 21.9. The lowest BCUT2D eigenvalue weighted by Gasteiger charge is -2.18. The number of amides is 1. The Hall–Kier alpha value is -2.82. The molecular weight excluding hydrogens is 781 g/mol. The molecule has 346 valence electrons. The first-order chi connectivity index (χ1) is 29.1. The summed E-state index contributed by atoms with van der Waals surface area (Å²) >= 11 is 0. The Bertz CT molecular complexity index is 1250. The van der Waals surface area contributed by atoms with Crippen molar-refractivity contribution in [1.82, 2.24) is 5.32 Å². The van der Waals surface area contributed by atoms with Crippen LogP contribution < -0.4 is 5.32 Å². The minimum atomic E-state index is -4.77. The second-order valence-electron chi connectivity index (χ2n) is 15.6. The normalized spacial score (nSPS) is 14.2. The van der Waals surface area contributed by atoms with Gasteiger partial charge in [0.25, 0.3) is 0 Å². The predicted molar refractivity (Wildman–Crippen MR) is 245 cm³/mol. The van der Waals surface area contributed by atoms with Crippen molar-refractivity contribution >= 4 is 25.7 Å². The number of allylic oxidation sites excluding steroid dienone is 10. The van der Waals surface area contributed by atoms with Gasteiger partial charge in [-0.25, -0.2) is 9.36 Å². The molecule has 4 N–H and O–H groups in total. The van der Waals surface area contributed by atoms with E-state index in [4.69, 9.17) is 13.8 Å². The number of hydrogen-bond acceptors (Lipinski definition) is 8. The van der Waals surface area contributed by atoms with Gasteiger partial charge in [-0.1, -0.05) is 184 Å². The lowest BCUT2D eigenvalue weighted by Crippen LogP contribution is -2.43. The van der Waals surface area contributed by atoms with Gasteiger partial charge in [0.1, 0.15) is 12.7 Å². The van der Waals surface area contributed by atoms with Gasteiger partial charge in [0.15, 0.2) is 6.04 Å². The number of phosphoric acid groups is 1. The largest absolute Gasteiger partial charge is 0.480 e. The molecule has 0 aromatic carbocycles. The summed E-state index contributed by atoms with van der Waals surface area (Å²) in [7, 11) is -4.77. The number of rotatable bonds is 43. The first-order valence-electron chi connectivity index (χ1n) is 23.3. The van der Waals surface area contributed by atoms with Crippen LogP contribution in [0.3, 0.4) is 0 Å². The summed E-state index contributed by atoms with van der Waals surface area (Å²) in [5.74, 6) is -2.41. The monoisotopic (exact) mass is 866 g/mol. The fourth-order valence-electron chi connectivity index (χ4n) is 6.22. The SMILES string of the molecule is CC/C=C\C/C=C\C/C=C\C/C=C\C/C=C\CCCCCC(=O)OCC(O)COP(=O)(O)OCC(NC(=O)CCCCCCCCCCCCCCCCCCC)C(=O)O. The highest BCUT2D eigenvalue weighted by Crippen LogP contribution is 2.43. The number of unbranched alkanes of at least 4 members (excludes halogenated alkanes) is 19. The van der Waals surface area contributed by atoms with E-state index < -0.39 is 57.6 Å². The van der Waals surface area contributed by atoms with Crippen molar-refractivity contribution in [1.29, 1.82) is 0 Å². The fraction of sp³-hybridized carbons (Fsp3) is 0.729. The molecule has 0 saturated heterocycles. The molecule has 0 saturated carbocycles. The Morgan fingerprint density at radius 1 is 0.550 bits per heavy atom. The van der Waals surface area contributed by atoms with Crippen molar-refractivity contribution in [2.45, 2.75) is 206 Å². The van der Waals surface area contributed by atoms with E-state index in [0.717, 1.165) is 70.6 Å². The molecule has 60 heavy (non-hydrogen) atoms. The van der Waals surface area contributed by atoms with E-state index in [2.05, 4.69) is 79.9 Å². The number of carbonyl (C=O) groups excluding carboxylic acids is 2. The molecule has 0 heterocycles. The second kappa shape index (κ2) is 42.9. The molecule has 0 aromatic heterocycles. The maximum atomic E-state index is 12.3. The van der Waals surface area contributed by atoms with Crippen LogP contribution in [0.5, 0.6) is 0 Å². The number of aliphatic hydroxyl groups excluding tert-OH is 1. The van der Waals surface area contributed by atoms with Gasteiger partial charge in [0.05, 0.1) is 13.2 Å². The Labute approximate surface area is 364 Å². The smallest absolute Gasteiger partial charge is 0.472 e. The topological polar surface area (TPSA) is 169 Å². The highest BCUT2D eigenvalue weighted by atomic mass is 31.2. The highest BCUT2D eigenvalue weighted by molar-refractivity contribution is 7.47. The van der Waals surface area contributed by atoms with Crippen molar-refractivity contribution in [3.05, 3.63) is 60.8 Å². The Morgan fingerprint density at radius 3 is 1.45 bits per heavy atom. The number of hydrogen-bond donors (Lipinski definition) is 4. The Kier molecular flexibility index (Phi) is 40.8. The second-order valence-corrected chi connectivity index (χ2v) is 17.0. The van der Waals surface area contributed by atoms with Crippen LogP contribution >= 0.6 is 7.82 Å². The number of aliphatic hydroxyl groups is 1. The van der Waals surface area contributed by atoms with Gasteiger partial charge in [-0.05, 0) is 57.8 Å². The molecule has 0 aromatic rings. The van der Waals surface area contributed by atoms with E-state index in [1.807, 2.05) is 0 Å². The number of carboxylic acid groups (broad SMARTS) is 1. The van der Waals surface area contributed by atoms with Crippen LogP contribution in [0.25, 0.3) is 0 Å². The van der Waals surface area contributed by atoms with Crippen molar-refractivity contribution < 1.29 is 47.8 Å². The zero-order valence-corrected chi connectivity index (χ0v) is 38.4. The van der Waals surface area contributed by atoms with Crippen LogP contribution in [-0.4, -0.2) is 64.9 Å². The standard InChI is InChI=1S/C48H84NO10P/c1-3-5-7-9-11-13-15-17-19-21-22-24-26-28-30-32-34-36-38-40-47(52)57-41-44(50)42-58-60(55,56)59-43-45(48(53)54)49-46(51)39-37-35-33-31-29-27-25-23-20-18-16-14-12-10-8-6-4-2/h5,7,11,13,17,19,22,24,28,30,44-45,50H,3-4,6,8-10,12,14-16,18,20-21,23,25-27,29,31-43H2,1-2H3,(H,49,51)(H,53,54)(H,55,56)/b7-5-,13-11-,19-17-,24-22-,30-28-. The summed E-state index contributed by atoms with van der Waals surface area (Å²) in [6, 6.07) is -1.55. The molecule has 12 heteroatoms. The molecule has 0 rings (SSSR count). The van der Waals surface area contributed by atoms with Crippen LogP contribution in [0, 0.1) is 0 Å². The third-order valence-corrected chi connectivity index (χ3v) is 10.8. The molecule has 0 spiro atoms. The lowest BCUT2D eigenvalue weighted by molar-refractivity contribution is -0.147. The minimum absolute atomic E-state index is 0.145. The maximum absolute atomic E-state index is 12.3. The van der Waals surface area contributed by atoms with Crippen LogP contribution in [0.4, 0.5) is 0 Å². The Balaban J connectivity index is 3.92. The van der Waals surface area contributed by atoms with Gasteiger partial charge in [0, 0.05) is 12.8 Å². The van der Waals surface area contributed by atoms with Crippen molar-refractivity contribution in [2.75, 3.05) is 19.8 Å². The molecular formula is C48H84NO10P. The molecule has 1 amide bonds. The average molecular weight is 866 g/mol. The fourth-order valence-corrected chi connectivity index (χ4v) is 7.00. The van der Waals surface area contributed by atoms with E-state index >= 15 is 0 Å². The highest BCUT2D eigenvalue weighted by Gasteiger charge is 2.28. The quantitative estimate of drug-likeness (QED) is 0.0200. The summed E-state index contributed by atoms with van der Waals surface area (Å²) in [5.41, 5.74) is 0. The predicted octanol–water partition coefficient (Wildman–Crippen LogP) is 12.3. The van der Waals surface area contributed by atoms with E-state index in [1.54, 1.807) is 0 Å². The first kappa shape index (κ1) is 57.2. The van der Waals surface area contributed by atoms with Crippen molar-refractivity contribution in [3.63, 3.8) is 0 Å². The average Bonchev–Trinajstić information content (AvgIpc) is 3.22. The van der Waals surface area contributed by atoms with Crippen LogP contribution in [-0.2, 0) is 32.7 Å². The number of aliphatic carboxylic acids is 1. The van der Waals surface area contributed by atoms with Gasteiger partial charge < -0.3 is 25.2 Å². The summed E-state index contributed by atoms with van der Waals surface area (Å²) < 4.78 is 26.9. The van der Waals surface area contributed by atoms with Crippen LogP contribution in [0.1, 0.15) is 194 Å². The number of esters is 1.